The number of aromatic nitrogens is 5. The SMILES string of the molecule is CS(=O)(=O)N(C1=CC=CNC=C1)c1ccnc(-c2cnc3cnc(C(F)(F)F)cn23)n1. The molecule has 0 saturated carbocycles. The summed E-state index contributed by atoms with van der Waals surface area (Å²) in [6.07, 6.45) is 8.63. The van der Waals surface area contributed by atoms with Gasteiger partial charge in [-0.3, -0.25) is 4.40 Å². The highest BCUT2D eigenvalue weighted by Gasteiger charge is 2.33. The van der Waals surface area contributed by atoms with Crippen LogP contribution < -0.4 is 9.62 Å². The van der Waals surface area contributed by atoms with Gasteiger partial charge in [0.2, 0.25) is 10.0 Å². The lowest BCUT2D eigenvalue weighted by Gasteiger charge is -2.22. The van der Waals surface area contributed by atoms with E-state index >= 15 is 0 Å². The first-order chi connectivity index (χ1) is 14.6. The van der Waals surface area contributed by atoms with E-state index in [0.29, 0.717) is 5.70 Å². The van der Waals surface area contributed by atoms with Crippen molar-refractivity contribution in [1.29, 1.82) is 0 Å². The summed E-state index contributed by atoms with van der Waals surface area (Å²) < 4.78 is 66.4. The van der Waals surface area contributed by atoms with Crippen LogP contribution in [0.2, 0.25) is 0 Å². The lowest BCUT2D eigenvalue weighted by atomic mass is 10.3. The number of nitrogens with one attached hydrogen (secondary N) is 1. The third-order valence-corrected chi connectivity index (χ3v) is 5.20. The van der Waals surface area contributed by atoms with E-state index in [-0.39, 0.29) is 23.0 Å². The standard InChI is InChI=1S/C18H14F3N7O2S/c1-31(29,30)28(12-3-2-6-22-7-4-12)15-5-8-23-17(26-15)13-9-25-16-10-24-14(11-27(13)16)18(19,20)21/h2-11,22H,1H3. The van der Waals surface area contributed by atoms with Gasteiger partial charge in [-0.25, -0.2) is 32.7 Å². The van der Waals surface area contributed by atoms with Gasteiger partial charge in [0.25, 0.3) is 0 Å². The van der Waals surface area contributed by atoms with Crippen LogP contribution in [-0.2, 0) is 16.2 Å². The summed E-state index contributed by atoms with van der Waals surface area (Å²) in [5.41, 5.74) is -0.510. The van der Waals surface area contributed by atoms with Gasteiger partial charge in [0.15, 0.2) is 23.0 Å². The Kier molecular flexibility index (Phi) is 4.97. The van der Waals surface area contributed by atoms with E-state index in [4.69, 9.17) is 0 Å². The maximum Gasteiger partial charge on any atom is 0.434 e. The number of fused-ring (bicyclic) bond motifs is 1. The zero-order valence-electron chi connectivity index (χ0n) is 15.8. The van der Waals surface area contributed by atoms with E-state index in [1.165, 1.54) is 18.5 Å². The third kappa shape index (κ3) is 4.12. The molecule has 160 valence electrons. The van der Waals surface area contributed by atoms with Crippen LogP contribution in [0.4, 0.5) is 19.0 Å². The number of alkyl halides is 3. The Morgan fingerprint density at radius 2 is 1.94 bits per heavy atom. The van der Waals surface area contributed by atoms with Crippen LogP contribution in [0.15, 0.2) is 67.2 Å². The molecule has 0 amide bonds. The number of imidazole rings is 1. The Morgan fingerprint density at radius 3 is 2.68 bits per heavy atom. The summed E-state index contributed by atoms with van der Waals surface area (Å²) in [4.78, 5) is 15.8. The highest BCUT2D eigenvalue weighted by molar-refractivity contribution is 7.92. The van der Waals surface area contributed by atoms with E-state index in [2.05, 4.69) is 25.3 Å². The number of sulfonamides is 1. The second-order valence-electron chi connectivity index (χ2n) is 6.36. The molecule has 0 radical (unpaired) electrons. The molecule has 1 aliphatic heterocycles. The number of rotatable bonds is 4. The zero-order valence-corrected chi connectivity index (χ0v) is 16.6. The van der Waals surface area contributed by atoms with Crippen LogP contribution in [0, 0.1) is 0 Å². The number of halogens is 3. The minimum Gasteiger partial charge on any atom is -0.368 e. The fraction of sp³-hybridized carbons (Fsp3) is 0.111. The molecule has 3 aromatic rings. The molecule has 0 bridgehead atoms. The van der Waals surface area contributed by atoms with Crippen molar-refractivity contribution in [2.45, 2.75) is 6.18 Å². The van der Waals surface area contributed by atoms with Gasteiger partial charge in [-0.05, 0) is 18.2 Å². The van der Waals surface area contributed by atoms with Crippen LogP contribution >= 0.6 is 0 Å². The molecular formula is C18H14F3N7O2S. The molecule has 0 spiro atoms. The smallest absolute Gasteiger partial charge is 0.368 e. The second-order valence-corrected chi connectivity index (χ2v) is 8.19. The predicted molar refractivity (Wildman–Crippen MR) is 106 cm³/mol. The molecule has 13 heteroatoms. The lowest BCUT2D eigenvalue weighted by molar-refractivity contribution is -0.141. The topological polar surface area (TPSA) is 105 Å². The Balaban J connectivity index is 1.85. The van der Waals surface area contributed by atoms with E-state index in [1.54, 1.807) is 30.6 Å². The number of allylic oxidation sites excluding steroid dienone is 3. The molecule has 0 saturated heterocycles. The van der Waals surface area contributed by atoms with Crippen LogP contribution in [0.3, 0.4) is 0 Å². The Labute approximate surface area is 174 Å². The van der Waals surface area contributed by atoms with Gasteiger partial charge >= 0.3 is 6.18 Å². The maximum atomic E-state index is 13.1. The van der Waals surface area contributed by atoms with Gasteiger partial charge in [0.05, 0.1) is 24.3 Å². The van der Waals surface area contributed by atoms with Crippen molar-refractivity contribution < 1.29 is 21.6 Å². The zero-order chi connectivity index (χ0) is 22.2. The molecule has 0 fully saturated rings. The average molecular weight is 449 g/mol. The summed E-state index contributed by atoms with van der Waals surface area (Å²) in [5, 5.41) is 2.83. The van der Waals surface area contributed by atoms with E-state index in [9.17, 15) is 21.6 Å². The van der Waals surface area contributed by atoms with E-state index < -0.39 is 21.9 Å². The average Bonchev–Trinajstić information content (AvgIpc) is 2.94. The summed E-state index contributed by atoms with van der Waals surface area (Å²) in [5.74, 6) is 0.00333. The highest BCUT2D eigenvalue weighted by Crippen LogP contribution is 2.29. The number of hydrogen-bond donors (Lipinski definition) is 1. The molecular weight excluding hydrogens is 435 g/mol. The highest BCUT2D eigenvalue weighted by atomic mass is 32.2. The number of hydrogen-bond acceptors (Lipinski definition) is 7. The maximum absolute atomic E-state index is 13.1. The summed E-state index contributed by atoms with van der Waals surface area (Å²) in [7, 11) is -3.81. The number of nitrogens with zero attached hydrogens (tertiary/aromatic N) is 6. The minimum absolute atomic E-state index is 0.00940. The van der Waals surface area contributed by atoms with Gasteiger partial charge in [-0.2, -0.15) is 13.2 Å². The molecule has 3 aromatic heterocycles. The normalized spacial score (nSPS) is 14.3. The van der Waals surface area contributed by atoms with Gasteiger partial charge in [0.1, 0.15) is 5.69 Å². The molecule has 9 nitrogen and oxygen atoms in total. The molecule has 4 heterocycles. The van der Waals surface area contributed by atoms with Crippen molar-refractivity contribution in [3.63, 3.8) is 0 Å². The Morgan fingerprint density at radius 1 is 1.13 bits per heavy atom. The van der Waals surface area contributed by atoms with Gasteiger partial charge in [-0.1, -0.05) is 0 Å². The Hall–Kier alpha value is -3.74. The van der Waals surface area contributed by atoms with Crippen molar-refractivity contribution in [2.75, 3.05) is 10.6 Å². The van der Waals surface area contributed by atoms with Gasteiger partial charge in [-0.15, -0.1) is 0 Å². The summed E-state index contributed by atoms with van der Waals surface area (Å²) in [6, 6.07) is 1.38. The quantitative estimate of drug-likeness (QED) is 0.652. The summed E-state index contributed by atoms with van der Waals surface area (Å²) >= 11 is 0. The van der Waals surface area contributed by atoms with Crippen molar-refractivity contribution in [3.8, 4) is 11.5 Å². The van der Waals surface area contributed by atoms with Crippen molar-refractivity contribution in [1.82, 2.24) is 29.7 Å². The van der Waals surface area contributed by atoms with Crippen molar-refractivity contribution in [2.24, 2.45) is 0 Å². The lowest BCUT2D eigenvalue weighted by Crippen LogP contribution is -2.29. The number of anilines is 1. The molecule has 0 atom stereocenters. The molecule has 1 N–H and O–H groups in total. The first kappa shape index (κ1) is 20.5. The molecule has 0 unspecified atom stereocenters. The second kappa shape index (κ2) is 7.50. The van der Waals surface area contributed by atoms with Crippen LogP contribution in [0.5, 0.6) is 0 Å². The monoisotopic (exact) mass is 449 g/mol. The largest absolute Gasteiger partial charge is 0.434 e. The van der Waals surface area contributed by atoms with Crippen LogP contribution in [0.1, 0.15) is 5.69 Å². The fourth-order valence-corrected chi connectivity index (χ4v) is 3.81. The van der Waals surface area contributed by atoms with Crippen molar-refractivity contribution in [3.05, 3.63) is 72.9 Å². The first-order valence-corrected chi connectivity index (χ1v) is 10.5. The van der Waals surface area contributed by atoms with E-state index in [1.807, 2.05) is 0 Å². The molecule has 4 rings (SSSR count). The summed E-state index contributed by atoms with van der Waals surface area (Å²) in [6.45, 7) is 0. The molecule has 0 aromatic carbocycles. The fourth-order valence-electron chi connectivity index (χ4n) is 2.86. The predicted octanol–water partition coefficient (Wildman–Crippen LogP) is 2.49. The van der Waals surface area contributed by atoms with Crippen LogP contribution in [0.25, 0.3) is 17.2 Å². The third-order valence-electron chi connectivity index (χ3n) is 4.14. The van der Waals surface area contributed by atoms with Crippen molar-refractivity contribution >= 4 is 21.5 Å². The van der Waals surface area contributed by atoms with E-state index in [0.717, 1.165) is 27.4 Å². The molecule has 0 aliphatic carbocycles. The first-order valence-electron chi connectivity index (χ1n) is 8.68. The Bertz CT molecular complexity index is 1340. The minimum atomic E-state index is -4.65. The molecule has 1 aliphatic rings. The molecule has 31 heavy (non-hydrogen) atoms. The van der Waals surface area contributed by atoms with Crippen LogP contribution in [-0.4, -0.2) is 39.0 Å². The van der Waals surface area contributed by atoms with Gasteiger partial charge in [0, 0.05) is 30.9 Å². The van der Waals surface area contributed by atoms with Gasteiger partial charge < -0.3 is 5.32 Å².